The summed E-state index contributed by atoms with van der Waals surface area (Å²) < 4.78 is 28.2. The Kier molecular flexibility index (Phi) is 4.29. The third kappa shape index (κ3) is 2.66. The Morgan fingerprint density at radius 1 is 0.727 bits per heavy atom. The lowest BCUT2D eigenvalue weighted by Crippen LogP contribution is -1.96. The molecule has 0 spiro atoms. The highest BCUT2D eigenvalue weighted by atomic mass is 79.9. The van der Waals surface area contributed by atoms with Crippen molar-refractivity contribution in [3.8, 4) is 22.3 Å². The van der Waals surface area contributed by atoms with Gasteiger partial charge in [0.1, 0.15) is 11.6 Å². The van der Waals surface area contributed by atoms with Gasteiger partial charge in [0.05, 0.1) is 0 Å². The molecule has 0 saturated carbocycles. The molecule has 2 aromatic carbocycles. The summed E-state index contributed by atoms with van der Waals surface area (Å²) in [5.41, 5.74) is 3.06. The number of halogens is 3. The van der Waals surface area contributed by atoms with Crippen molar-refractivity contribution < 1.29 is 8.78 Å². The van der Waals surface area contributed by atoms with Gasteiger partial charge in [0.15, 0.2) is 0 Å². The Morgan fingerprint density at radius 3 is 1.59 bits per heavy atom. The minimum Gasteiger partial charge on any atom is -0.263 e. The maximum absolute atomic E-state index is 14.1. The fraction of sp³-hybridized carbons (Fsp3) is 0.0556. The van der Waals surface area contributed by atoms with Crippen molar-refractivity contribution >= 4 is 15.9 Å². The average molecular weight is 360 g/mol. The first-order chi connectivity index (χ1) is 10.7. The van der Waals surface area contributed by atoms with Crippen LogP contribution in [0.15, 0.2) is 60.9 Å². The third-order valence-electron chi connectivity index (χ3n) is 3.52. The number of pyridine rings is 1. The molecule has 0 N–H and O–H groups in total. The quantitative estimate of drug-likeness (QED) is 0.555. The largest absolute Gasteiger partial charge is 0.263 e. The summed E-state index contributed by atoms with van der Waals surface area (Å²) in [6.45, 7) is 0. The summed E-state index contributed by atoms with van der Waals surface area (Å²) in [7, 11) is 0. The van der Waals surface area contributed by atoms with Gasteiger partial charge in [-0.3, -0.25) is 4.98 Å². The maximum atomic E-state index is 14.1. The van der Waals surface area contributed by atoms with Crippen LogP contribution in [0.3, 0.4) is 0 Å². The second-order valence-electron chi connectivity index (χ2n) is 4.81. The van der Waals surface area contributed by atoms with E-state index in [0.717, 1.165) is 5.56 Å². The van der Waals surface area contributed by atoms with E-state index in [9.17, 15) is 8.78 Å². The summed E-state index contributed by atoms with van der Waals surface area (Å²) in [5.74, 6) is -0.644. The lowest BCUT2D eigenvalue weighted by atomic mass is 9.95. The monoisotopic (exact) mass is 359 g/mol. The lowest BCUT2D eigenvalue weighted by Gasteiger charge is -2.14. The number of hydrogen-bond donors (Lipinski definition) is 0. The molecule has 110 valence electrons. The third-order valence-corrected chi connectivity index (χ3v) is 4.08. The molecule has 1 heterocycles. The van der Waals surface area contributed by atoms with E-state index in [4.69, 9.17) is 0 Å². The summed E-state index contributed by atoms with van der Waals surface area (Å²) in [6.07, 6.45) is 3.22. The molecule has 0 atom stereocenters. The van der Waals surface area contributed by atoms with Gasteiger partial charge in [-0.25, -0.2) is 8.78 Å². The first-order valence-electron chi connectivity index (χ1n) is 6.75. The van der Waals surface area contributed by atoms with Gasteiger partial charge in [-0.1, -0.05) is 52.3 Å². The summed E-state index contributed by atoms with van der Waals surface area (Å²) >= 11 is 3.43. The Morgan fingerprint density at radius 2 is 1.18 bits per heavy atom. The van der Waals surface area contributed by atoms with Gasteiger partial charge in [0.2, 0.25) is 0 Å². The molecule has 0 aliphatic rings. The van der Waals surface area contributed by atoms with Crippen molar-refractivity contribution in [2.75, 3.05) is 0 Å². The predicted molar refractivity (Wildman–Crippen MR) is 87.7 cm³/mol. The first-order valence-corrected chi connectivity index (χ1v) is 7.87. The van der Waals surface area contributed by atoms with Crippen LogP contribution in [0.1, 0.15) is 5.56 Å². The molecule has 0 radical (unpaired) electrons. The normalized spacial score (nSPS) is 10.7. The zero-order chi connectivity index (χ0) is 15.5. The fourth-order valence-electron chi connectivity index (χ4n) is 2.45. The molecule has 3 aromatic rings. The number of rotatable bonds is 3. The van der Waals surface area contributed by atoms with Crippen molar-refractivity contribution in [1.29, 1.82) is 0 Å². The van der Waals surface area contributed by atoms with Crippen LogP contribution in [0.25, 0.3) is 22.3 Å². The first kappa shape index (κ1) is 14.9. The molecule has 0 bridgehead atoms. The van der Waals surface area contributed by atoms with Gasteiger partial charge >= 0.3 is 0 Å². The Labute approximate surface area is 135 Å². The van der Waals surface area contributed by atoms with E-state index in [2.05, 4.69) is 20.9 Å². The van der Waals surface area contributed by atoms with Crippen LogP contribution in [-0.2, 0) is 5.33 Å². The van der Waals surface area contributed by atoms with Gasteiger partial charge < -0.3 is 0 Å². The second-order valence-corrected chi connectivity index (χ2v) is 5.37. The van der Waals surface area contributed by atoms with Crippen molar-refractivity contribution in [1.82, 2.24) is 4.98 Å². The van der Waals surface area contributed by atoms with Gasteiger partial charge in [0, 0.05) is 40.0 Å². The van der Waals surface area contributed by atoms with Crippen molar-refractivity contribution in [3.63, 3.8) is 0 Å². The van der Waals surface area contributed by atoms with Crippen LogP contribution < -0.4 is 0 Å². The van der Waals surface area contributed by atoms with Crippen LogP contribution in [0, 0.1) is 11.6 Å². The maximum Gasteiger partial charge on any atom is 0.131 e. The van der Waals surface area contributed by atoms with Crippen molar-refractivity contribution in [3.05, 3.63) is 78.1 Å². The van der Waals surface area contributed by atoms with E-state index in [0.29, 0.717) is 27.6 Å². The molecule has 1 aromatic heterocycles. The average Bonchev–Trinajstić information content (AvgIpc) is 2.55. The van der Waals surface area contributed by atoms with Crippen LogP contribution >= 0.6 is 15.9 Å². The Hall–Kier alpha value is -2.07. The van der Waals surface area contributed by atoms with Crippen LogP contribution in [0.4, 0.5) is 8.78 Å². The second kappa shape index (κ2) is 6.36. The molecule has 0 aliphatic carbocycles. The molecule has 0 fully saturated rings. The minimum absolute atomic E-state index is 0.322. The molecule has 3 rings (SSSR count). The van der Waals surface area contributed by atoms with Crippen LogP contribution in [-0.4, -0.2) is 4.98 Å². The van der Waals surface area contributed by atoms with Crippen molar-refractivity contribution in [2.24, 2.45) is 0 Å². The van der Waals surface area contributed by atoms with E-state index >= 15 is 0 Å². The zero-order valence-corrected chi connectivity index (χ0v) is 13.1. The van der Waals surface area contributed by atoms with E-state index in [1.54, 1.807) is 48.8 Å². The van der Waals surface area contributed by atoms with Gasteiger partial charge in [-0.2, -0.15) is 0 Å². The van der Waals surface area contributed by atoms with E-state index < -0.39 is 0 Å². The molecular formula is C18H12BrF2N. The summed E-state index contributed by atoms with van der Waals surface area (Å²) in [6, 6.07) is 13.0. The van der Waals surface area contributed by atoms with E-state index in [1.807, 2.05) is 0 Å². The molecular weight excluding hydrogens is 348 g/mol. The minimum atomic E-state index is -0.322. The van der Waals surface area contributed by atoms with Gasteiger partial charge in [-0.15, -0.1) is 0 Å². The predicted octanol–water partition coefficient (Wildman–Crippen LogP) is 5.59. The standard InChI is InChI=1S/C18H12BrF2N/c19-9-14-15(12-5-1-3-7-17(12)20)10-22-11-16(14)13-6-2-4-8-18(13)21/h1-8,10-11H,9H2. The van der Waals surface area contributed by atoms with Crippen molar-refractivity contribution in [2.45, 2.75) is 5.33 Å². The lowest BCUT2D eigenvalue weighted by molar-refractivity contribution is 0.630. The van der Waals surface area contributed by atoms with Crippen LogP contribution in [0.2, 0.25) is 0 Å². The highest BCUT2D eigenvalue weighted by molar-refractivity contribution is 9.08. The molecule has 4 heteroatoms. The zero-order valence-electron chi connectivity index (χ0n) is 11.6. The topological polar surface area (TPSA) is 12.9 Å². The summed E-state index contributed by atoms with van der Waals surface area (Å²) in [4.78, 5) is 4.17. The SMILES string of the molecule is Fc1ccccc1-c1cncc(-c2ccccc2F)c1CBr. The molecule has 0 aliphatic heterocycles. The fourth-order valence-corrected chi connectivity index (χ4v) is 3.06. The Bertz CT molecular complexity index is 754. The molecule has 22 heavy (non-hydrogen) atoms. The number of nitrogens with zero attached hydrogens (tertiary/aromatic N) is 1. The highest BCUT2D eigenvalue weighted by Crippen LogP contribution is 2.35. The molecule has 0 unspecified atom stereocenters. The number of benzene rings is 2. The molecule has 1 nitrogen and oxygen atoms in total. The number of aromatic nitrogens is 1. The smallest absolute Gasteiger partial charge is 0.131 e. The van der Waals surface area contributed by atoms with E-state index in [-0.39, 0.29) is 11.6 Å². The molecule has 0 amide bonds. The van der Waals surface area contributed by atoms with Gasteiger partial charge in [0.25, 0.3) is 0 Å². The van der Waals surface area contributed by atoms with Crippen LogP contribution in [0.5, 0.6) is 0 Å². The number of hydrogen-bond acceptors (Lipinski definition) is 1. The van der Waals surface area contributed by atoms with Gasteiger partial charge in [-0.05, 0) is 17.7 Å². The van der Waals surface area contributed by atoms with E-state index in [1.165, 1.54) is 12.1 Å². The summed E-state index contributed by atoms with van der Waals surface area (Å²) in [5, 5.41) is 0.475. The highest BCUT2D eigenvalue weighted by Gasteiger charge is 2.16. The molecule has 0 saturated heterocycles. The Balaban J connectivity index is 2.25. The number of alkyl halides is 1.